The van der Waals surface area contributed by atoms with E-state index in [4.69, 9.17) is 0 Å². The fourth-order valence-electron chi connectivity index (χ4n) is 10.9. The van der Waals surface area contributed by atoms with Crippen LogP contribution in [-0.2, 0) is 5.41 Å². The van der Waals surface area contributed by atoms with Crippen molar-refractivity contribution in [2.75, 3.05) is 4.90 Å². The Bertz CT molecular complexity index is 3310. The van der Waals surface area contributed by atoms with E-state index in [9.17, 15) is 0 Å². The Morgan fingerprint density at radius 2 is 1.31 bits per heavy atom. The monoisotopic (exact) mass is 782 g/mol. The molecule has 0 saturated heterocycles. The van der Waals surface area contributed by atoms with Crippen molar-refractivity contribution in [1.29, 1.82) is 0 Å². The van der Waals surface area contributed by atoms with Crippen molar-refractivity contribution in [1.82, 2.24) is 4.57 Å². The first kappa shape index (κ1) is 35.8. The van der Waals surface area contributed by atoms with Gasteiger partial charge >= 0.3 is 0 Å². The number of nitrogens with zero attached hydrogens (tertiary/aromatic N) is 2. The molecule has 0 amide bonds. The van der Waals surface area contributed by atoms with E-state index in [1.165, 1.54) is 99.7 Å². The van der Waals surface area contributed by atoms with Crippen LogP contribution in [0.3, 0.4) is 0 Å². The van der Waals surface area contributed by atoms with E-state index in [0.717, 1.165) is 12.8 Å². The first-order valence-corrected chi connectivity index (χ1v) is 21.8. The number of benzene rings is 8. The van der Waals surface area contributed by atoms with Crippen molar-refractivity contribution >= 4 is 50.0 Å². The Morgan fingerprint density at radius 1 is 0.574 bits per heavy atom. The second-order valence-electron chi connectivity index (χ2n) is 17.6. The lowest BCUT2D eigenvalue weighted by Crippen LogP contribution is -2.30. The van der Waals surface area contributed by atoms with Gasteiger partial charge in [-0.3, -0.25) is 0 Å². The summed E-state index contributed by atoms with van der Waals surface area (Å²) in [6.07, 6.45) is 13.9. The standard InChI is InChI=1S/C59H46N2/c1-59(2)53-27-9-7-23-50(53)51-36-35-45(38-54(51)59)61-56-28-10-8-24-52(56)58-49(26-14-30-57(58)61)42-19-11-20-44(37-42)60(55-29-13-18-40-16-4-6-22-48(40)55)43-33-31-41(32-34-43)47-25-12-17-39-15-3-5-21-46(39)47/h3-24,26-33,35-38,43,47H,25,34H2,1-2H3. The maximum absolute atomic E-state index is 2.58. The van der Waals surface area contributed by atoms with E-state index in [2.05, 4.69) is 230 Å². The molecule has 0 spiro atoms. The average molecular weight is 783 g/mol. The summed E-state index contributed by atoms with van der Waals surface area (Å²) >= 11 is 0. The number of para-hydroxylation sites is 1. The highest BCUT2D eigenvalue weighted by atomic mass is 15.2. The van der Waals surface area contributed by atoms with Crippen LogP contribution in [0.5, 0.6) is 0 Å². The highest BCUT2D eigenvalue weighted by molar-refractivity contribution is 6.16. The summed E-state index contributed by atoms with van der Waals surface area (Å²) in [5, 5.41) is 5.05. The normalized spacial score (nSPS) is 17.3. The molecule has 9 aromatic rings. The van der Waals surface area contributed by atoms with E-state index in [1.807, 2.05) is 0 Å². The molecule has 8 aromatic carbocycles. The van der Waals surface area contributed by atoms with Crippen LogP contribution in [0.2, 0.25) is 0 Å². The quantitative estimate of drug-likeness (QED) is 0.163. The summed E-state index contributed by atoms with van der Waals surface area (Å²) in [6.45, 7) is 4.73. The molecular formula is C59H46N2. The fourth-order valence-corrected chi connectivity index (χ4v) is 10.9. The van der Waals surface area contributed by atoms with E-state index in [1.54, 1.807) is 0 Å². The summed E-state index contributed by atoms with van der Waals surface area (Å²) in [4.78, 5) is 2.58. The molecule has 1 heterocycles. The molecule has 61 heavy (non-hydrogen) atoms. The Labute approximate surface area is 358 Å². The predicted molar refractivity (Wildman–Crippen MR) is 258 cm³/mol. The van der Waals surface area contributed by atoms with Gasteiger partial charge in [-0.1, -0.05) is 178 Å². The summed E-state index contributed by atoms with van der Waals surface area (Å²) in [7, 11) is 0. The lowest BCUT2D eigenvalue weighted by atomic mass is 9.80. The second-order valence-corrected chi connectivity index (χ2v) is 17.6. The molecule has 2 heteroatoms. The van der Waals surface area contributed by atoms with E-state index in [0.29, 0.717) is 5.92 Å². The van der Waals surface area contributed by atoms with Crippen LogP contribution >= 0.6 is 0 Å². The molecule has 12 rings (SSSR count). The molecule has 0 radical (unpaired) electrons. The number of anilines is 2. The lowest BCUT2D eigenvalue weighted by molar-refractivity contribution is 0.660. The molecule has 0 aliphatic heterocycles. The smallest absolute Gasteiger partial charge is 0.0560 e. The van der Waals surface area contributed by atoms with Gasteiger partial charge in [0.1, 0.15) is 0 Å². The van der Waals surface area contributed by atoms with Gasteiger partial charge in [-0.25, -0.2) is 0 Å². The zero-order valence-electron chi connectivity index (χ0n) is 34.6. The van der Waals surface area contributed by atoms with Gasteiger partial charge in [-0.15, -0.1) is 0 Å². The molecule has 292 valence electrons. The molecule has 0 fully saturated rings. The van der Waals surface area contributed by atoms with Gasteiger partial charge in [0, 0.05) is 44.6 Å². The van der Waals surface area contributed by atoms with Crippen LogP contribution in [-0.4, -0.2) is 10.6 Å². The second kappa shape index (κ2) is 14.0. The summed E-state index contributed by atoms with van der Waals surface area (Å²) in [5.41, 5.74) is 18.1. The third kappa shape index (κ3) is 5.62. The minimum Gasteiger partial charge on any atom is -0.334 e. The van der Waals surface area contributed by atoms with Crippen molar-refractivity contribution in [2.45, 2.75) is 44.1 Å². The summed E-state index contributed by atoms with van der Waals surface area (Å²) in [5.74, 6) is 0.384. The highest BCUT2D eigenvalue weighted by Crippen LogP contribution is 2.50. The summed E-state index contributed by atoms with van der Waals surface area (Å²) in [6, 6.07) is 65.7. The SMILES string of the molecule is CC1(C)c2ccccc2-c2ccc(-n3c4ccccc4c4c(-c5cccc(N(c6cccc7ccccc67)C6C=CC(C7CC=Cc8ccccc87)=CC6)c5)cccc43)cc21. The predicted octanol–water partition coefficient (Wildman–Crippen LogP) is 15.5. The number of hydrogen-bond acceptors (Lipinski definition) is 1. The third-order valence-corrected chi connectivity index (χ3v) is 13.9. The Hall–Kier alpha value is -7.16. The molecule has 2 nitrogen and oxygen atoms in total. The Kier molecular flexibility index (Phi) is 8.19. The minimum atomic E-state index is -0.0776. The van der Waals surface area contributed by atoms with E-state index in [-0.39, 0.29) is 11.5 Å². The fraction of sp³-hybridized carbons (Fsp3) is 0.119. The summed E-state index contributed by atoms with van der Waals surface area (Å²) < 4.78 is 2.48. The van der Waals surface area contributed by atoms with Crippen LogP contribution in [0.25, 0.3) is 66.6 Å². The van der Waals surface area contributed by atoms with Gasteiger partial charge in [-0.2, -0.15) is 0 Å². The molecule has 3 aliphatic rings. The zero-order valence-corrected chi connectivity index (χ0v) is 34.6. The first-order chi connectivity index (χ1) is 30.0. The average Bonchev–Trinajstić information content (AvgIpc) is 3.77. The Morgan fingerprint density at radius 3 is 2.23 bits per heavy atom. The maximum Gasteiger partial charge on any atom is 0.0560 e. The van der Waals surface area contributed by atoms with Crippen molar-refractivity contribution in [3.05, 3.63) is 228 Å². The first-order valence-electron chi connectivity index (χ1n) is 21.8. The Balaban J connectivity index is 0.981. The number of allylic oxidation sites excluding steroid dienone is 3. The van der Waals surface area contributed by atoms with E-state index < -0.39 is 0 Å². The molecule has 3 aliphatic carbocycles. The topological polar surface area (TPSA) is 8.17 Å². The van der Waals surface area contributed by atoms with Crippen LogP contribution in [0.4, 0.5) is 11.4 Å². The number of aromatic nitrogens is 1. The molecule has 0 saturated carbocycles. The largest absolute Gasteiger partial charge is 0.334 e. The van der Waals surface area contributed by atoms with Crippen molar-refractivity contribution < 1.29 is 0 Å². The van der Waals surface area contributed by atoms with Crippen molar-refractivity contribution in [3.8, 4) is 27.9 Å². The molecule has 1 aromatic heterocycles. The van der Waals surface area contributed by atoms with Gasteiger partial charge in [-0.05, 0) is 111 Å². The van der Waals surface area contributed by atoms with Gasteiger partial charge in [0.05, 0.1) is 17.1 Å². The van der Waals surface area contributed by atoms with Crippen LogP contribution in [0, 0.1) is 0 Å². The van der Waals surface area contributed by atoms with Crippen LogP contribution in [0.1, 0.15) is 54.9 Å². The highest BCUT2D eigenvalue weighted by Gasteiger charge is 2.35. The lowest BCUT2D eigenvalue weighted by Gasteiger charge is -2.35. The number of rotatable bonds is 6. The van der Waals surface area contributed by atoms with Crippen molar-refractivity contribution in [2.24, 2.45) is 0 Å². The van der Waals surface area contributed by atoms with E-state index >= 15 is 0 Å². The third-order valence-electron chi connectivity index (χ3n) is 13.9. The van der Waals surface area contributed by atoms with Gasteiger partial charge in [0.25, 0.3) is 0 Å². The molecule has 0 bridgehead atoms. The van der Waals surface area contributed by atoms with Gasteiger partial charge in [0.15, 0.2) is 0 Å². The van der Waals surface area contributed by atoms with Crippen LogP contribution in [0.15, 0.2) is 206 Å². The molecular weight excluding hydrogens is 737 g/mol. The van der Waals surface area contributed by atoms with Crippen molar-refractivity contribution in [3.63, 3.8) is 0 Å². The van der Waals surface area contributed by atoms with Crippen LogP contribution < -0.4 is 4.90 Å². The number of hydrogen-bond donors (Lipinski definition) is 0. The minimum absolute atomic E-state index is 0.0776. The molecule has 2 atom stereocenters. The zero-order chi connectivity index (χ0) is 40.7. The molecule has 0 N–H and O–H groups in total. The van der Waals surface area contributed by atoms with Gasteiger partial charge in [0.2, 0.25) is 0 Å². The van der Waals surface area contributed by atoms with Gasteiger partial charge < -0.3 is 9.47 Å². The number of fused-ring (bicyclic) bond motifs is 8. The molecule has 2 unspecified atom stereocenters. The maximum atomic E-state index is 2.58.